The number of aliphatic imine (C=N–C) groups is 2. The first-order valence-electron chi connectivity index (χ1n) is 7.11. The first kappa shape index (κ1) is 15.8. The number of benzene rings is 1. The molecule has 0 heterocycles. The predicted octanol–water partition coefficient (Wildman–Crippen LogP) is 3.65. The van der Waals surface area contributed by atoms with Crippen molar-refractivity contribution >= 4 is 17.7 Å². The fourth-order valence-electron chi connectivity index (χ4n) is 2.92. The Morgan fingerprint density at radius 1 is 1.09 bits per heavy atom. The molecule has 0 bridgehead atoms. The summed E-state index contributed by atoms with van der Waals surface area (Å²) in [5.41, 5.74) is 3.77. The largest absolute Gasteiger partial charge is 0.238 e. The number of hydrogen-bond acceptors (Lipinski definition) is 4. The lowest BCUT2D eigenvalue weighted by Gasteiger charge is -2.29. The van der Waals surface area contributed by atoms with Gasteiger partial charge in [0.2, 0.25) is 17.8 Å². The number of carbonyl (C=O) groups excluding carboxylic acids is 2. The molecule has 0 radical (unpaired) electrons. The van der Waals surface area contributed by atoms with Crippen LogP contribution in [0.15, 0.2) is 45.9 Å². The van der Waals surface area contributed by atoms with Gasteiger partial charge in [0.15, 0.2) is 0 Å². The van der Waals surface area contributed by atoms with Crippen LogP contribution in [0.2, 0.25) is 0 Å². The first-order chi connectivity index (χ1) is 10.4. The van der Waals surface area contributed by atoms with Crippen molar-refractivity contribution in [1.29, 1.82) is 0 Å². The minimum Gasteiger partial charge on any atom is -0.211 e. The smallest absolute Gasteiger partial charge is 0.211 e. The van der Waals surface area contributed by atoms with Crippen LogP contribution in [0.1, 0.15) is 30.5 Å². The highest BCUT2D eigenvalue weighted by Gasteiger charge is 2.34. The fourth-order valence-corrected chi connectivity index (χ4v) is 2.92. The van der Waals surface area contributed by atoms with Gasteiger partial charge >= 0.3 is 0 Å². The Hall–Kier alpha value is -2.54. The van der Waals surface area contributed by atoms with E-state index in [0.717, 1.165) is 22.3 Å². The minimum absolute atomic E-state index is 0.137. The first-order valence-corrected chi connectivity index (χ1v) is 7.11. The van der Waals surface area contributed by atoms with Crippen LogP contribution < -0.4 is 0 Å². The van der Waals surface area contributed by atoms with Crippen LogP contribution in [0, 0.1) is 19.8 Å². The van der Waals surface area contributed by atoms with Gasteiger partial charge in [-0.2, -0.15) is 9.98 Å². The zero-order valence-electron chi connectivity index (χ0n) is 13.2. The van der Waals surface area contributed by atoms with E-state index >= 15 is 0 Å². The molecular weight excluding hydrogens is 276 g/mol. The highest BCUT2D eigenvalue weighted by molar-refractivity contribution is 5.75. The lowest BCUT2D eigenvalue weighted by atomic mass is 9.80. The minimum atomic E-state index is -1.32. The third-order valence-electron chi connectivity index (χ3n) is 4.05. The molecule has 1 aromatic carbocycles. The van der Waals surface area contributed by atoms with Gasteiger partial charge in [0.05, 0.1) is 0 Å². The van der Waals surface area contributed by atoms with E-state index in [1.165, 1.54) is 17.7 Å². The van der Waals surface area contributed by atoms with Crippen molar-refractivity contribution in [3.8, 4) is 0 Å². The molecule has 4 nitrogen and oxygen atoms in total. The Kier molecular flexibility index (Phi) is 4.37. The molecular formula is C18H18N2O2. The average molecular weight is 294 g/mol. The van der Waals surface area contributed by atoms with Crippen molar-refractivity contribution in [3.63, 3.8) is 0 Å². The van der Waals surface area contributed by atoms with Crippen LogP contribution in [0.4, 0.5) is 0 Å². The van der Waals surface area contributed by atoms with Crippen molar-refractivity contribution in [2.75, 3.05) is 0 Å². The Morgan fingerprint density at radius 2 is 1.73 bits per heavy atom. The molecule has 1 aliphatic rings. The monoisotopic (exact) mass is 294 g/mol. The molecule has 1 aromatic rings. The second-order valence-corrected chi connectivity index (χ2v) is 5.69. The highest BCUT2D eigenvalue weighted by Crippen LogP contribution is 2.39. The number of rotatable bonds is 3. The molecule has 0 spiro atoms. The second-order valence-electron chi connectivity index (χ2n) is 5.69. The van der Waals surface area contributed by atoms with E-state index in [2.05, 4.69) is 23.0 Å². The van der Waals surface area contributed by atoms with E-state index in [4.69, 9.17) is 0 Å². The van der Waals surface area contributed by atoms with Gasteiger partial charge in [0.1, 0.15) is 0 Å². The van der Waals surface area contributed by atoms with Gasteiger partial charge in [-0.25, -0.2) is 9.59 Å². The molecule has 22 heavy (non-hydrogen) atoms. The van der Waals surface area contributed by atoms with Crippen molar-refractivity contribution in [1.82, 2.24) is 0 Å². The summed E-state index contributed by atoms with van der Waals surface area (Å²) in [6.07, 6.45) is 6.77. The zero-order chi connectivity index (χ0) is 16.3. The number of hydrogen-bond donors (Lipinski definition) is 0. The van der Waals surface area contributed by atoms with E-state index in [1.54, 1.807) is 13.0 Å². The maximum atomic E-state index is 10.8. The molecule has 0 aromatic heterocycles. The quantitative estimate of drug-likeness (QED) is 0.485. The third kappa shape index (κ3) is 2.75. The van der Waals surface area contributed by atoms with Crippen molar-refractivity contribution < 1.29 is 9.59 Å². The summed E-state index contributed by atoms with van der Waals surface area (Å²) in [6, 6.07) is 6.18. The highest BCUT2D eigenvalue weighted by atomic mass is 16.1. The van der Waals surface area contributed by atoms with Crippen LogP contribution in [-0.4, -0.2) is 17.8 Å². The van der Waals surface area contributed by atoms with Crippen LogP contribution in [0.25, 0.3) is 5.57 Å². The lowest BCUT2D eigenvalue weighted by molar-refractivity contribution is 0.536. The van der Waals surface area contributed by atoms with Crippen LogP contribution in [0.5, 0.6) is 0 Å². The van der Waals surface area contributed by atoms with Crippen molar-refractivity contribution in [3.05, 3.63) is 52.6 Å². The van der Waals surface area contributed by atoms with Gasteiger partial charge in [0, 0.05) is 0 Å². The van der Waals surface area contributed by atoms with Gasteiger partial charge in [-0.3, -0.25) is 0 Å². The normalized spacial score (nSPS) is 23.7. The molecule has 0 saturated carbocycles. The lowest BCUT2D eigenvalue weighted by Crippen LogP contribution is -2.27. The summed E-state index contributed by atoms with van der Waals surface area (Å²) < 4.78 is 0. The molecule has 0 fully saturated rings. The maximum Gasteiger partial charge on any atom is 0.238 e. The summed E-state index contributed by atoms with van der Waals surface area (Å²) in [4.78, 5) is 29.1. The molecule has 4 heteroatoms. The standard InChI is InChI=1S/C18H18N2O2/c1-12-5-6-16(13(2)7-12)17-9-18(19-10-21,20-11-22)15(4)8-14(17)3/h5-9,14H,1-4H3. The number of aryl methyl sites for hydroxylation is 2. The Balaban J connectivity index is 2.69. The molecule has 112 valence electrons. The summed E-state index contributed by atoms with van der Waals surface area (Å²) in [5.74, 6) is 0.137. The van der Waals surface area contributed by atoms with Gasteiger partial charge in [-0.05, 0) is 55.0 Å². The van der Waals surface area contributed by atoms with E-state index < -0.39 is 5.66 Å². The van der Waals surface area contributed by atoms with Crippen LogP contribution in [0.3, 0.4) is 0 Å². The van der Waals surface area contributed by atoms with Crippen LogP contribution in [-0.2, 0) is 9.59 Å². The number of isocyanates is 2. The Labute approximate surface area is 130 Å². The van der Waals surface area contributed by atoms with Gasteiger partial charge in [-0.15, -0.1) is 0 Å². The SMILES string of the molecule is CC1=CC(C)C(c2ccc(C)cc2C)=CC1(N=C=O)N=C=O. The van der Waals surface area contributed by atoms with Gasteiger partial charge in [-0.1, -0.05) is 36.8 Å². The van der Waals surface area contributed by atoms with Crippen molar-refractivity contribution in [2.24, 2.45) is 15.9 Å². The fraction of sp³-hybridized carbons (Fsp3) is 0.333. The van der Waals surface area contributed by atoms with Gasteiger partial charge < -0.3 is 0 Å². The molecule has 0 aliphatic heterocycles. The molecule has 1 aliphatic carbocycles. The average Bonchev–Trinajstić information content (AvgIpc) is 2.44. The predicted molar refractivity (Wildman–Crippen MR) is 85.8 cm³/mol. The van der Waals surface area contributed by atoms with E-state index in [1.807, 2.05) is 32.1 Å². The summed E-state index contributed by atoms with van der Waals surface area (Å²) in [6.45, 7) is 7.94. The Morgan fingerprint density at radius 3 is 2.27 bits per heavy atom. The molecule has 2 rings (SSSR count). The molecule has 1 atom stereocenters. The van der Waals surface area contributed by atoms with Crippen molar-refractivity contribution in [2.45, 2.75) is 33.4 Å². The van der Waals surface area contributed by atoms with Crippen LogP contribution >= 0.6 is 0 Å². The summed E-state index contributed by atoms with van der Waals surface area (Å²) >= 11 is 0. The van der Waals surface area contributed by atoms with Gasteiger partial charge in [0.25, 0.3) is 0 Å². The third-order valence-corrected chi connectivity index (χ3v) is 4.05. The van der Waals surface area contributed by atoms with E-state index in [-0.39, 0.29) is 5.92 Å². The Bertz CT molecular complexity index is 743. The maximum absolute atomic E-state index is 10.8. The summed E-state index contributed by atoms with van der Waals surface area (Å²) in [7, 11) is 0. The number of nitrogens with zero attached hydrogens (tertiary/aromatic N) is 2. The molecule has 0 N–H and O–H groups in total. The molecule has 1 unspecified atom stereocenters. The second kappa shape index (κ2) is 6.07. The summed E-state index contributed by atoms with van der Waals surface area (Å²) in [5, 5.41) is 0. The van der Waals surface area contributed by atoms with E-state index in [9.17, 15) is 9.59 Å². The number of allylic oxidation sites excluding steroid dienone is 2. The van der Waals surface area contributed by atoms with E-state index in [0.29, 0.717) is 0 Å². The molecule has 0 amide bonds. The zero-order valence-corrected chi connectivity index (χ0v) is 13.2. The topological polar surface area (TPSA) is 58.9 Å². The molecule has 0 saturated heterocycles.